The van der Waals surface area contributed by atoms with Gasteiger partial charge < -0.3 is 19.7 Å². The summed E-state index contributed by atoms with van der Waals surface area (Å²) in [5.74, 6) is 2.71. The normalized spacial score (nSPS) is 11.6. The molecule has 0 fully saturated rings. The molecule has 0 heterocycles. The van der Waals surface area contributed by atoms with Gasteiger partial charge >= 0.3 is 0 Å². The maximum atomic E-state index is 10.8. The van der Waals surface area contributed by atoms with Crippen LogP contribution in [0.1, 0.15) is 11.1 Å². The minimum absolute atomic E-state index is 0.120. The van der Waals surface area contributed by atoms with Crippen molar-refractivity contribution in [2.75, 3.05) is 0 Å². The fraction of sp³-hybridized carbons (Fsp3) is 0.0323. The number of aliphatic hydroxyl groups excluding tert-OH is 2. The van der Waals surface area contributed by atoms with Gasteiger partial charge in [-0.1, -0.05) is 194 Å². The highest BCUT2D eigenvalue weighted by atomic mass is 16.5. The third kappa shape index (κ3) is 6.54. The van der Waals surface area contributed by atoms with Gasteiger partial charge in [0.25, 0.3) is 0 Å². The molecule has 0 amide bonds. The van der Waals surface area contributed by atoms with Gasteiger partial charge in [-0.25, -0.2) is 0 Å². The van der Waals surface area contributed by atoms with Gasteiger partial charge in [0.05, 0.1) is 13.2 Å². The maximum Gasteiger partial charge on any atom is 0.143 e. The Morgan fingerprint density at radius 1 is 0.273 bits per heavy atom. The molecule has 12 rings (SSSR count). The summed E-state index contributed by atoms with van der Waals surface area (Å²) < 4.78 is 15.1. The van der Waals surface area contributed by atoms with Gasteiger partial charge in [-0.05, 0) is 100 Å². The Kier molecular flexibility index (Phi) is 9.75. The second kappa shape index (κ2) is 16.4. The molecule has 0 spiro atoms. The van der Waals surface area contributed by atoms with E-state index >= 15 is 0 Å². The number of fused-ring (bicyclic) bond motifs is 6. The van der Waals surface area contributed by atoms with Crippen molar-refractivity contribution < 1.29 is 19.7 Å². The molecule has 12 aromatic rings. The summed E-state index contributed by atoms with van der Waals surface area (Å²) in [5.41, 5.74) is 7.23. The summed E-state index contributed by atoms with van der Waals surface area (Å²) in [5, 5.41) is 33.9. The molecule has 4 nitrogen and oxygen atoms in total. The molecule has 0 saturated carbocycles. The van der Waals surface area contributed by atoms with Gasteiger partial charge in [-0.2, -0.15) is 0 Å². The number of rotatable bonds is 9. The zero-order valence-corrected chi connectivity index (χ0v) is 35.9. The van der Waals surface area contributed by atoms with Crippen molar-refractivity contribution in [2.45, 2.75) is 13.2 Å². The molecule has 0 aliphatic carbocycles. The molecule has 4 heteroatoms. The van der Waals surface area contributed by atoms with E-state index in [0.717, 1.165) is 109 Å². The lowest BCUT2D eigenvalue weighted by atomic mass is 9.91. The van der Waals surface area contributed by atoms with Crippen molar-refractivity contribution in [2.24, 2.45) is 0 Å². The minimum atomic E-state index is -0.120. The smallest absolute Gasteiger partial charge is 0.143 e. The van der Waals surface area contributed by atoms with Crippen molar-refractivity contribution in [1.82, 2.24) is 0 Å². The van der Waals surface area contributed by atoms with Crippen LogP contribution in [0.3, 0.4) is 0 Å². The van der Waals surface area contributed by atoms with E-state index < -0.39 is 0 Å². The highest BCUT2D eigenvalue weighted by Crippen LogP contribution is 2.52. The van der Waals surface area contributed by atoms with E-state index in [1.54, 1.807) is 0 Å². The van der Waals surface area contributed by atoms with E-state index in [9.17, 15) is 10.2 Å². The van der Waals surface area contributed by atoms with Gasteiger partial charge in [0.1, 0.15) is 23.0 Å². The number of benzene rings is 12. The van der Waals surface area contributed by atoms with Crippen LogP contribution in [0.15, 0.2) is 218 Å². The SMILES string of the molecule is OCc1cc(-c2cccc3ccccc23)c(Oc2ccc3ccccc3c2-c2c(Oc3c(-c4cccc5ccccc45)cc(CO)c4ccccc34)ccc3ccccc23)c2ccccc12. The van der Waals surface area contributed by atoms with Gasteiger partial charge in [0.15, 0.2) is 0 Å². The molecule has 0 bridgehead atoms. The second-order valence-electron chi connectivity index (χ2n) is 16.8. The Hall–Kier alpha value is -8.28. The molecule has 0 aliphatic rings. The third-order valence-electron chi connectivity index (χ3n) is 13.1. The molecule has 314 valence electrons. The zero-order chi connectivity index (χ0) is 44.1. The molecule has 0 unspecified atom stereocenters. The van der Waals surface area contributed by atoms with Crippen molar-refractivity contribution in [3.63, 3.8) is 0 Å². The molecular weight excluding hydrogens is 809 g/mol. The van der Waals surface area contributed by atoms with Crippen LogP contribution in [0.4, 0.5) is 0 Å². The van der Waals surface area contributed by atoms with Crippen molar-refractivity contribution >= 4 is 64.6 Å². The van der Waals surface area contributed by atoms with E-state index in [-0.39, 0.29) is 13.2 Å². The molecule has 12 aromatic carbocycles. The topological polar surface area (TPSA) is 58.9 Å². The third-order valence-corrected chi connectivity index (χ3v) is 13.1. The highest BCUT2D eigenvalue weighted by Gasteiger charge is 2.25. The van der Waals surface area contributed by atoms with Crippen molar-refractivity contribution in [3.8, 4) is 56.4 Å². The fourth-order valence-corrected chi connectivity index (χ4v) is 10.1. The summed E-state index contributed by atoms with van der Waals surface area (Å²) in [6.07, 6.45) is 0. The molecule has 66 heavy (non-hydrogen) atoms. The van der Waals surface area contributed by atoms with Crippen molar-refractivity contribution in [3.05, 3.63) is 230 Å². The summed E-state index contributed by atoms with van der Waals surface area (Å²) >= 11 is 0. The maximum absolute atomic E-state index is 10.8. The first-order valence-electron chi connectivity index (χ1n) is 22.3. The van der Waals surface area contributed by atoms with Gasteiger partial charge in [0.2, 0.25) is 0 Å². The van der Waals surface area contributed by atoms with E-state index in [0.29, 0.717) is 23.0 Å². The number of hydrogen-bond acceptors (Lipinski definition) is 4. The van der Waals surface area contributed by atoms with Gasteiger partial charge in [-0.3, -0.25) is 0 Å². The Labute approximate surface area is 381 Å². The summed E-state index contributed by atoms with van der Waals surface area (Å²) in [6, 6.07) is 75.3. The zero-order valence-electron chi connectivity index (χ0n) is 35.9. The van der Waals surface area contributed by atoms with Crippen LogP contribution < -0.4 is 9.47 Å². The van der Waals surface area contributed by atoms with Crippen LogP contribution in [0.5, 0.6) is 23.0 Å². The standard InChI is InChI=1S/C62H42O4/c63-37-43-35-55(51-29-13-19-39-15-1-5-21-45(39)51)61(53-27-11-9-23-47(43)53)65-57-33-31-41-17-3-7-25-49(41)59(57)60-50-26-8-4-18-42(50)32-34-58(60)66-62-54-28-12-10-24-48(54)44(38-64)36-56(62)52-30-14-20-40-16-2-6-22-46(40)52/h1-36,63-64H,37-38H2. The Bertz CT molecular complexity index is 3600. The molecule has 0 saturated heterocycles. The predicted octanol–water partition coefficient (Wildman–Crippen LogP) is 16.2. The van der Waals surface area contributed by atoms with Crippen LogP contribution in [-0.2, 0) is 13.2 Å². The molecule has 0 aromatic heterocycles. The number of aliphatic hydroxyl groups is 2. The first kappa shape index (κ1) is 39.3. The summed E-state index contributed by atoms with van der Waals surface area (Å²) in [4.78, 5) is 0. The lowest BCUT2D eigenvalue weighted by molar-refractivity contribution is 0.283. The molecule has 0 radical (unpaired) electrons. The minimum Gasteiger partial charge on any atom is -0.455 e. The van der Waals surface area contributed by atoms with Crippen LogP contribution >= 0.6 is 0 Å². The Morgan fingerprint density at radius 2 is 0.591 bits per heavy atom. The summed E-state index contributed by atoms with van der Waals surface area (Å²) in [6.45, 7) is -0.240. The Balaban J connectivity index is 1.15. The average molecular weight is 851 g/mol. The first-order valence-corrected chi connectivity index (χ1v) is 22.3. The van der Waals surface area contributed by atoms with Gasteiger partial charge in [-0.15, -0.1) is 0 Å². The van der Waals surface area contributed by atoms with Crippen LogP contribution in [0, 0.1) is 0 Å². The molecular formula is C62H42O4. The monoisotopic (exact) mass is 850 g/mol. The first-order chi connectivity index (χ1) is 32.7. The van der Waals surface area contributed by atoms with Crippen LogP contribution in [0.2, 0.25) is 0 Å². The fourth-order valence-electron chi connectivity index (χ4n) is 10.1. The molecule has 2 N–H and O–H groups in total. The van der Waals surface area contributed by atoms with Crippen molar-refractivity contribution in [1.29, 1.82) is 0 Å². The van der Waals surface area contributed by atoms with E-state index in [1.807, 2.05) is 24.3 Å². The van der Waals surface area contributed by atoms with E-state index in [2.05, 4.69) is 194 Å². The quantitative estimate of drug-likeness (QED) is 0.152. The van der Waals surface area contributed by atoms with E-state index in [4.69, 9.17) is 9.47 Å². The van der Waals surface area contributed by atoms with E-state index in [1.165, 1.54) is 0 Å². The lowest BCUT2D eigenvalue weighted by Gasteiger charge is -2.23. The molecule has 0 aliphatic heterocycles. The number of ether oxygens (including phenoxy) is 2. The Morgan fingerprint density at radius 3 is 0.985 bits per heavy atom. The predicted molar refractivity (Wildman–Crippen MR) is 273 cm³/mol. The van der Waals surface area contributed by atoms with Crippen LogP contribution in [-0.4, -0.2) is 10.2 Å². The van der Waals surface area contributed by atoms with Crippen LogP contribution in [0.25, 0.3) is 98.0 Å². The highest BCUT2D eigenvalue weighted by molar-refractivity contribution is 6.12. The molecule has 0 atom stereocenters. The number of hydrogen-bond donors (Lipinski definition) is 2. The average Bonchev–Trinajstić information content (AvgIpc) is 3.38. The van der Waals surface area contributed by atoms with Gasteiger partial charge in [0, 0.05) is 33.0 Å². The summed E-state index contributed by atoms with van der Waals surface area (Å²) in [7, 11) is 0. The second-order valence-corrected chi connectivity index (χ2v) is 16.8. The lowest BCUT2D eigenvalue weighted by Crippen LogP contribution is -1.99. The largest absolute Gasteiger partial charge is 0.455 e.